The van der Waals surface area contributed by atoms with Crippen LogP contribution < -0.4 is 4.89 Å². The molecule has 0 fully saturated rings. The highest BCUT2D eigenvalue weighted by atomic mass is 31.2. The largest absolute Gasteiger partial charge is 0.756 e. The van der Waals surface area contributed by atoms with Crippen molar-refractivity contribution in [2.24, 2.45) is 0 Å². The fourth-order valence-corrected chi connectivity index (χ4v) is 7.31. The van der Waals surface area contributed by atoms with Crippen LogP contribution in [0.3, 0.4) is 0 Å². The fraction of sp³-hybridized carbons (Fsp3) is 0.894. The van der Waals surface area contributed by atoms with E-state index in [1.807, 2.05) is 21.1 Å². The van der Waals surface area contributed by atoms with E-state index in [9.17, 15) is 14.3 Å². The first-order chi connectivity index (χ1) is 27.1. The van der Waals surface area contributed by atoms with Gasteiger partial charge in [-0.05, 0) is 44.9 Å². The van der Waals surface area contributed by atoms with Crippen molar-refractivity contribution < 1.29 is 37.3 Å². The molecule has 332 valence electrons. The quantitative estimate of drug-likeness (QED) is 0.0199. The maximum Gasteiger partial charge on any atom is 0.306 e. The van der Waals surface area contributed by atoms with Crippen molar-refractivity contribution in [3.8, 4) is 0 Å². The molecular weight excluding hydrogens is 721 g/mol. The molecule has 0 saturated carbocycles. The Kier molecular flexibility index (Phi) is 40.0. The third kappa shape index (κ3) is 44.1. The predicted molar refractivity (Wildman–Crippen MR) is 236 cm³/mol. The second-order valence-corrected chi connectivity index (χ2v) is 18.5. The molecule has 0 aromatic rings. The molecule has 0 bridgehead atoms. The highest BCUT2D eigenvalue weighted by Gasteiger charge is 2.20. The van der Waals surface area contributed by atoms with Crippen LogP contribution in [0.15, 0.2) is 24.3 Å². The summed E-state index contributed by atoms with van der Waals surface area (Å²) in [7, 11) is 1.36. The van der Waals surface area contributed by atoms with Gasteiger partial charge in [-0.2, -0.15) is 0 Å². The number of rotatable bonds is 44. The van der Waals surface area contributed by atoms with Gasteiger partial charge in [0.1, 0.15) is 19.3 Å². The Morgan fingerprint density at radius 1 is 0.554 bits per heavy atom. The van der Waals surface area contributed by atoms with Crippen molar-refractivity contribution >= 4 is 13.8 Å². The van der Waals surface area contributed by atoms with Gasteiger partial charge in [0.2, 0.25) is 0 Å². The minimum Gasteiger partial charge on any atom is -0.756 e. The van der Waals surface area contributed by atoms with E-state index in [-0.39, 0.29) is 25.8 Å². The van der Waals surface area contributed by atoms with Crippen LogP contribution in [0.5, 0.6) is 0 Å². The summed E-state index contributed by atoms with van der Waals surface area (Å²) in [5.41, 5.74) is 0. The van der Waals surface area contributed by atoms with Crippen LogP contribution in [0.4, 0.5) is 0 Å². The lowest BCUT2D eigenvalue weighted by Crippen LogP contribution is -2.37. The summed E-state index contributed by atoms with van der Waals surface area (Å²) in [6.07, 6.45) is 46.1. The predicted octanol–water partition coefficient (Wildman–Crippen LogP) is 13.4. The van der Waals surface area contributed by atoms with Crippen molar-refractivity contribution in [1.29, 1.82) is 0 Å². The molecule has 2 atom stereocenters. The van der Waals surface area contributed by atoms with E-state index in [1.165, 1.54) is 148 Å². The number of nitrogens with zero attached hydrogens (tertiary/aromatic N) is 1. The highest BCUT2D eigenvalue weighted by molar-refractivity contribution is 7.45. The molecule has 0 spiro atoms. The third-order valence-electron chi connectivity index (χ3n) is 10.3. The van der Waals surface area contributed by atoms with E-state index < -0.39 is 13.9 Å². The van der Waals surface area contributed by atoms with Crippen LogP contribution in [0, 0.1) is 0 Å². The maximum absolute atomic E-state index is 12.7. The second-order valence-electron chi connectivity index (χ2n) is 17.1. The Bertz CT molecular complexity index is 951. The average Bonchev–Trinajstić information content (AvgIpc) is 3.15. The third-order valence-corrected chi connectivity index (χ3v) is 11.2. The standard InChI is InChI=1S/C47H92NO7P/c1-6-8-10-12-14-16-18-20-22-24-26-28-30-32-34-36-38-40-47(49)55-46(45-54-56(50,51)53-43-41-48(3,4)5)44-52-42-39-37-35-33-31-29-27-25-23-21-19-17-15-13-11-9-7-2/h17,19,23,25,46H,6-16,18,20-22,24,26-45H2,1-5H3/b19-17-,25-23-. The van der Waals surface area contributed by atoms with Gasteiger partial charge < -0.3 is 27.9 Å². The summed E-state index contributed by atoms with van der Waals surface area (Å²) >= 11 is 0. The molecule has 0 radical (unpaired) electrons. The average molecular weight is 814 g/mol. The molecule has 0 aliphatic rings. The number of ether oxygens (including phenoxy) is 2. The summed E-state index contributed by atoms with van der Waals surface area (Å²) in [5.74, 6) is -0.334. The Morgan fingerprint density at radius 2 is 0.982 bits per heavy atom. The van der Waals surface area contributed by atoms with Crippen molar-refractivity contribution in [2.75, 3.05) is 54.1 Å². The lowest BCUT2D eigenvalue weighted by Gasteiger charge is -2.28. The Labute approximate surface area is 347 Å². The number of carbonyl (C=O) groups excluding carboxylic acids is 1. The Balaban J connectivity index is 4.19. The number of unbranched alkanes of at least 4 members (excludes halogenated alkanes) is 26. The first-order valence-electron chi connectivity index (χ1n) is 23.6. The molecule has 0 aromatic heterocycles. The normalized spacial score (nSPS) is 13.9. The summed E-state index contributed by atoms with van der Waals surface area (Å²) in [6.45, 7) is 5.41. The van der Waals surface area contributed by atoms with Crippen molar-refractivity contribution in [3.05, 3.63) is 24.3 Å². The van der Waals surface area contributed by atoms with E-state index in [2.05, 4.69) is 38.2 Å². The van der Waals surface area contributed by atoms with Gasteiger partial charge in [0.15, 0.2) is 0 Å². The molecule has 0 rings (SSSR count). The molecule has 0 aromatic carbocycles. The number of phosphoric acid groups is 1. The summed E-state index contributed by atoms with van der Waals surface area (Å²) < 4.78 is 34.6. The van der Waals surface area contributed by atoms with Gasteiger partial charge in [-0.15, -0.1) is 0 Å². The van der Waals surface area contributed by atoms with Crippen molar-refractivity contribution in [2.45, 2.75) is 219 Å². The number of carbonyl (C=O) groups is 1. The molecule has 0 aliphatic heterocycles. The lowest BCUT2D eigenvalue weighted by atomic mass is 10.0. The molecule has 0 saturated heterocycles. The Hall–Kier alpha value is -1.02. The van der Waals surface area contributed by atoms with E-state index in [4.69, 9.17) is 18.5 Å². The molecular formula is C47H92NO7P. The van der Waals surface area contributed by atoms with E-state index >= 15 is 0 Å². The monoisotopic (exact) mass is 814 g/mol. The van der Waals surface area contributed by atoms with Crippen LogP contribution in [0.1, 0.15) is 213 Å². The lowest BCUT2D eigenvalue weighted by molar-refractivity contribution is -0.870. The number of esters is 1. The number of quaternary nitrogens is 1. The van der Waals surface area contributed by atoms with Crippen LogP contribution in [0.2, 0.25) is 0 Å². The fourth-order valence-electron chi connectivity index (χ4n) is 6.58. The zero-order valence-corrected chi connectivity index (χ0v) is 38.5. The van der Waals surface area contributed by atoms with Crippen LogP contribution in [-0.4, -0.2) is 70.7 Å². The van der Waals surface area contributed by atoms with Gasteiger partial charge in [-0.25, -0.2) is 0 Å². The van der Waals surface area contributed by atoms with Gasteiger partial charge in [-0.3, -0.25) is 9.36 Å². The Morgan fingerprint density at radius 3 is 1.46 bits per heavy atom. The topological polar surface area (TPSA) is 94.1 Å². The van der Waals surface area contributed by atoms with Gasteiger partial charge in [-0.1, -0.05) is 186 Å². The van der Waals surface area contributed by atoms with Crippen LogP contribution in [0.25, 0.3) is 0 Å². The molecule has 56 heavy (non-hydrogen) atoms. The molecule has 0 heterocycles. The molecule has 9 heteroatoms. The van der Waals surface area contributed by atoms with Gasteiger partial charge in [0, 0.05) is 13.0 Å². The summed E-state index contributed by atoms with van der Waals surface area (Å²) in [5, 5.41) is 0. The number of allylic oxidation sites excluding steroid dienone is 4. The molecule has 0 N–H and O–H groups in total. The second kappa shape index (κ2) is 40.7. The first-order valence-corrected chi connectivity index (χ1v) is 25.0. The molecule has 0 amide bonds. The summed E-state index contributed by atoms with van der Waals surface area (Å²) in [4.78, 5) is 25.1. The number of phosphoric ester groups is 1. The number of likely N-dealkylation sites (N-methyl/N-ethyl adjacent to an activating group) is 1. The van der Waals surface area contributed by atoms with Gasteiger partial charge in [0.25, 0.3) is 7.82 Å². The minimum absolute atomic E-state index is 0.0259. The number of hydrogen-bond acceptors (Lipinski definition) is 7. The maximum atomic E-state index is 12.7. The van der Waals surface area contributed by atoms with Crippen molar-refractivity contribution in [1.82, 2.24) is 0 Å². The van der Waals surface area contributed by atoms with Gasteiger partial charge >= 0.3 is 5.97 Å². The zero-order chi connectivity index (χ0) is 41.3. The molecule has 2 unspecified atom stereocenters. The summed E-state index contributed by atoms with van der Waals surface area (Å²) in [6, 6.07) is 0. The van der Waals surface area contributed by atoms with Crippen molar-refractivity contribution in [3.63, 3.8) is 0 Å². The molecule has 8 nitrogen and oxygen atoms in total. The molecule has 0 aliphatic carbocycles. The van der Waals surface area contributed by atoms with Gasteiger partial charge in [0.05, 0.1) is 34.4 Å². The zero-order valence-electron chi connectivity index (χ0n) is 37.6. The number of hydrogen-bond donors (Lipinski definition) is 0. The first kappa shape index (κ1) is 55.0. The van der Waals surface area contributed by atoms with Crippen LogP contribution >= 0.6 is 7.82 Å². The van der Waals surface area contributed by atoms with Crippen LogP contribution in [-0.2, 0) is 27.9 Å². The van der Waals surface area contributed by atoms with E-state index in [0.29, 0.717) is 24.1 Å². The smallest absolute Gasteiger partial charge is 0.306 e. The minimum atomic E-state index is -4.53. The SMILES string of the molecule is CCCCCC/C=C\C/C=C\CCCCCCCCOCC(COP(=O)([O-])OCC[N+](C)(C)C)OC(=O)CCCCCCCCCCCCCCCCCCC. The van der Waals surface area contributed by atoms with E-state index in [0.717, 1.165) is 44.9 Å². The van der Waals surface area contributed by atoms with E-state index in [1.54, 1.807) is 0 Å². The highest BCUT2D eigenvalue weighted by Crippen LogP contribution is 2.38.